The zero-order chi connectivity index (χ0) is 19.2. The lowest BCUT2D eigenvalue weighted by molar-refractivity contribution is -0.137. The average Bonchev–Trinajstić information content (AvgIpc) is 2.58. The van der Waals surface area contributed by atoms with Crippen LogP contribution in [-0.2, 0) is 10.9 Å². The molecule has 2 rings (SSSR count). The van der Waals surface area contributed by atoms with Gasteiger partial charge in [-0.15, -0.1) is 0 Å². The number of ether oxygens (including phenoxy) is 1. The predicted molar refractivity (Wildman–Crippen MR) is 91.1 cm³/mol. The van der Waals surface area contributed by atoms with E-state index in [4.69, 9.17) is 4.74 Å². The second-order valence-corrected chi connectivity index (χ2v) is 5.49. The van der Waals surface area contributed by atoms with Crippen LogP contribution in [0, 0.1) is 6.92 Å². The molecule has 0 aliphatic rings. The standard InChI is InChI=1S/C17H19F3N4O2/c1-11-22-14(10-15(23-11)21-7-4-8-26-2)16(25)24-13-6-3-5-12(9-13)17(18,19)20/h3,5-6,9-10H,4,7-8H2,1-2H3,(H,24,25)(H,21,22,23). The number of hydrogen-bond donors (Lipinski definition) is 2. The second kappa shape index (κ2) is 8.61. The number of hydrogen-bond acceptors (Lipinski definition) is 5. The summed E-state index contributed by atoms with van der Waals surface area (Å²) in [4.78, 5) is 20.5. The Bertz CT molecular complexity index is 766. The first-order valence-electron chi connectivity index (χ1n) is 7.86. The summed E-state index contributed by atoms with van der Waals surface area (Å²) in [7, 11) is 1.60. The molecule has 9 heteroatoms. The summed E-state index contributed by atoms with van der Waals surface area (Å²) in [6, 6.07) is 5.86. The number of carbonyl (C=O) groups is 1. The first-order chi connectivity index (χ1) is 12.3. The molecule has 1 amide bonds. The average molecular weight is 368 g/mol. The number of amides is 1. The van der Waals surface area contributed by atoms with Crippen LogP contribution in [0.25, 0.3) is 0 Å². The van der Waals surface area contributed by atoms with Gasteiger partial charge in [-0.3, -0.25) is 4.79 Å². The summed E-state index contributed by atoms with van der Waals surface area (Å²) >= 11 is 0. The normalized spacial score (nSPS) is 11.3. The van der Waals surface area contributed by atoms with Gasteiger partial charge in [-0.25, -0.2) is 9.97 Å². The first-order valence-corrected chi connectivity index (χ1v) is 7.86. The predicted octanol–water partition coefficient (Wildman–Crippen LogP) is 3.50. The number of carbonyl (C=O) groups excluding carboxylic acids is 1. The van der Waals surface area contributed by atoms with Crippen LogP contribution in [0.2, 0.25) is 0 Å². The minimum Gasteiger partial charge on any atom is -0.385 e. The van der Waals surface area contributed by atoms with E-state index < -0.39 is 17.6 Å². The Morgan fingerprint density at radius 2 is 2.00 bits per heavy atom. The third-order valence-electron chi connectivity index (χ3n) is 3.35. The molecule has 6 nitrogen and oxygen atoms in total. The number of benzene rings is 1. The van der Waals surface area contributed by atoms with Gasteiger partial charge in [-0.1, -0.05) is 6.07 Å². The molecular weight excluding hydrogens is 349 g/mol. The Balaban J connectivity index is 2.11. The summed E-state index contributed by atoms with van der Waals surface area (Å²) < 4.78 is 43.2. The Kier molecular flexibility index (Phi) is 6.51. The van der Waals surface area contributed by atoms with Gasteiger partial charge in [0, 0.05) is 32.0 Å². The summed E-state index contributed by atoms with van der Waals surface area (Å²) in [5, 5.41) is 5.47. The number of nitrogens with zero attached hydrogens (tertiary/aromatic N) is 2. The molecule has 140 valence electrons. The van der Waals surface area contributed by atoms with Crippen molar-refractivity contribution in [2.24, 2.45) is 0 Å². The Hall–Kier alpha value is -2.68. The molecular formula is C17H19F3N4O2. The van der Waals surface area contributed by atoms with Crippen molar-refractivity contribution in [2.75, 3.05) is 30.9 Å². The van der Waals surface area contributed by atoms with E-state index in [0.717, 1.165) is 18.6 Å². The van der Waals surface area contributed by atoms with Gasteiger partial charge in [0.15, 0.2) is 0 Å². The molecule has 0 fully saturated rings. The number of rotatable bonds is 7. The fraction of sp³-hybridized carbons (Fsp3) is 0.353. The zero-order valence-corrected chi connectivity index (χ0v) is 14.4. The quantitative estimate of drug-likeness (QED) is 0.732. The summed E-state index contributed by atoms with van der Waals surface area (Å²) in [5.41, 5.74) is -0.741. The van der Waals surface area contributed by atoms with Crippen molar-refractivity contribution in [1.82, 2.24) is 9.97 Å². The maximum Gasteiger partial charge on any atom is 0.416 e. The van der Waals surface area contributed by atoms with Gasteiger partial charge >= 0.3 is 6.18 Å². The highest BCUT2D eigenvalue weighted by Crippen LogP contribution is 2.30. The van der Waals surface area contributed by atoms with E-state index in [9.17, 15) is 18.0 Å². The molecule has 0 saturated heterocycles. The molecule has 0 bridgehead atoms. The van der Waals surface area contributed by atoms with Gasteiger partial charge < -0.3 is 15.4 Å². The molecule has 0 aliphatic heterocycles. The highest BCUT2D eigenvalue weighted by Gasteiger charge is 2.30. The minimum absolute atomic E-state index is 0.0377. The highest BCUT2D eigenvalue weighted by atomic mass is 19.4. The fourth-order valence-corrected chi connectivity index (χ4v) is 2.18. The van der Waals surface area contributed by atoms with E-state index in [2.05, 4.69) is 20.6 Å². The van der Waals surface area contributed by atoms with Crippen LogP contribution >= 0.6 is 0 Å². The van der Waals surface area contributed by atoms with E-state index in [1.54, 1.807) is 14.0 Å². The lowest BCUT2D eigenvalue weighted by Crippen LogP contribution is -2.17. The van der Waals surface area contributed by atoms with Gasteiger partial charge in [-0.2, -0.15) is 13.2 Å². The first kappa shape index (κ1) is 19.6. The molecule has 0 unspecified atom stereocenters. The Morgan fingerprint density at radius 1 is 1.23 bits per heavy atom. The minimum atomic E-state index is -4.48. The van der Waals surface area contributed by atoms with Gasteiger partial charge in [0.2, 0.25) is 0 Å². The van der Waals surface area contributed by atoms with Crippen LogP contribution in [0.15, 0.2) is 30.3 Å². The number of halogens is 3. The largest absolute Gasteiger partial charge is 0.416 e. The molecule has 0 atom stereocenters. The zero-order valence-electron chi connectivity index (χ0n) is 14.4. The van der Waals surface area contributed by atoms with Crippen LogP contribution in [0.4, 0.5) is 24.7 Å². The molecule has 2 aromatic rings. The third-order valence-corrected chi connectivity index (χ3v) is 3.35. The molecule has 1 aromatic heterocycles. The maximum absolute atomic E-state index is 12.8. The van der Waals surface area contributed by atoms with Crippen molar-refractivity contribution in [2.45, 2.75) is 19.5 Å². The van der Waals surface area contributed by atoms with Crippen molar-refractivity contribution >= 4 is 17.4 Å². The van der Waals surface area contributed by atoms with Crippen LogP contribution in [0.1, 0.15) is 28.3 Å². The molecule has 0 saturated carbocycles. The molecule has 0 radical (unpaired) electrons. The smallest absolute Gasteiger partial charge is 0.385 e. The van der Waals surface area contributed by atoms with Gasteiger partial charge in [0.25, 0.3) is 5.91 Å². The molecule has 1 aromatic carbocycles. The van der Waals surface area contributed by atoms with Crippen molar-refractivity contribution in [3.8, 4) is 0 Å². The third kappa shape index (κ3) is 5.69. The molecule has 0 aliphatic carbocycles. The number of aromatic nitrogens is 2. The van der Waals surface area contributed by atoms with Crippen molar-refractivity contribution < 1.29 is 22.7 Å². The monoisotopic (exact) mass is 368 g/mol. The maximum atomic E-state index is 12.8. The number of nitrogens with one attached hydrogen (secondary N) is 2. The second-order valence-electron chi connectivity index (χ2n) is 5.49. The lowest BCUT2D eigenvalue weighted by atomic mass is 10.2. The van der Waals surface area contributed by atoms with Gasteiger partial charge in [0.05, 0.1) is 5.56 Å². The number of methoxy groups -OCH3 is 1. The van der Waals surface area contributed by atoms with Crippen LogP contribution < -0.4 is 10.6 Å². The Labute approximate surface area is 148 Å². The van der Waals surface area contributed by atoms with Crippen molar-refractivity contribution in [3.05, 3.63) is 47.4 Å². The molecule has 1 heterocycles. The molecule has 2 N–H and O–H groups in total. The number of anilines is 2. The lowest BCUT2D eigenvalue weighted by Gasteiger charge is -2.11. The Morgan fingerprint density at radius 3 is 2.69 bits per heavy atom. The van der Waals surface area contributed by atoms with Crippen LogP contribution in [0.3, 0.4) is 0 Å². The number of aryl methyl sites for hydroxylation is 1. The van der Waals surface area contributed by atoms with Crippen LogP contribution in [-0.4, -0.2) is 36.1 Å². The van der Waals surface area contributed by atoms with Gasteiger partial charge in [-0.05, 0) is 31.5 Å². The van der Waals surface area contributed by atoms with E-state index in [1.165, 1.54) is 18.2 Å². The SMILES string of the molecule is COCCCNc1cc(C(=O)Nc2cccc(C(F)(F)F)c2)nc(C)n1. The van der Waals surface area contributed by atoms with Crippen molar-refractivity contribution in [1.29, 1.82) is 0 Å². The summed E-state index contributed by atoms with van der Waals surface area (Å²) in [6.45, 7) is 2.81. The van der Waals surface area contributed by atoms with E-state index in [0.29, 0.717) is 24.8 Å². The fourth-order valence-electron chi connectivity index (χ4n) is 2.18. The van der Waals surface area contributed by atoms with Crippen LogP contribution in [0.5, 0.6) is 0 Å². The molecule has 26 heavy (non-hydrogen) atoms. The van der Waals surface area contributed by atoms with E-state index in [-0.39, 0.29) is 11.4 Å². The van der Waals surface area contributed by atoms with E-state index in [1.807, 2.05) is 0 Å². The summed E-state index contributed by atoms with van der Waals surface area (Å²) in [5.74, 6) is 0.216. The van der Waals surface area contributed by atoms with Crippen molar-refractivity contribution in [3.63, 3.8) is 0 Å². The molecule has 0 spiro atoms. The van der Waals surface area contributed by atoms with Gasteiger partial charge in [0.1, 0.15) is 17.3 Å². The van der Waals surface area contributed by atoms with E-state index >= 15 is 0 Å². The summed E-state index contributed by atoms with van der Waals surface area (Å²) in [6.07, 6.45) is -3.73. The highest BCUT2D eigenvalue weighted by molar-refractivity contribution is 6.03. The number of alkyl halides is 3. The topological polar surface area (TPSA) is 76.1 Å².